The van der Waals surface area contributed by atoms with Gasteiger partial charge < -0.3 is 14.5 Å². The Labute approximate surface area is 127 Å². The number of anilines is 1. The summed E-state index contributed by atoms with van der Waals surface area (Å²) in [5.74, 6) is 0.505. The van der Waals surface area contributed by atoms with E-state index in [4.69, 9.17) is 9.15 Å². The maximum atomic E-state index is 11.5. The SMILES string of the molecule is CC(=O)Nc1ccc(OCC(=O)N/N=C/c2ccco2)cc1. The molecular weight excluding hydrogens is 286 g/mol. The van der Waals surface area contributed by atoms with Crippen LogP contribution in [0.25, 0.3) is 0 Å². The maximum Gasteiger partial charge on any atom is 0.277 e. The third-order valence-corrected chi connectivity index (χ3v) is 2.47. The van der Waals surface area contributed by atoms with Crippen molar-refractivity contribution in [3.05, 3.63) is 48.4 Å². The standard InChI is InChI=1S/C15H15N3O4/c1-11(19)17-12-4-6-13(7-5-12)22-10-15(20)18-16-9-14-3-2-8-21-14/h2-9H,10H2,1H3,(H,17,19)(H,18,20)/b16-9+. The topological polar surface area (TPSA) is 92.9 Å². The number of hydrogen-bond donors (Lipinski definition) is 2. The minimum atomic E-state index is -0.395. The van der Waals surface area contributed by atoms with Gasteiger partial charge in [-0.1, -0.05) is 0 Å². The summed E-state index contributed by atoms with van der Waals surface area (Å²) in [6.07, 6.45) is 2.90. The van der Waals surface area contributed by atoms with Gasteiger partial charge in [0.25, 0.3) is 5.91 Å². The fourth-order valence-corrected chi connectivity index (χ4v) is 1.55. The Kier molecular flexibility index (Phi) is 5.31. The minimum absolute atomic E-state index is 0.150. The van der Waals surface area contributed by atoms with Gasteiger partial charge in [0.2, 0.25) is 5.91 Å². The molecule has 0 unspecified atom stereocenters. The number of ether oxygens (including phenoxy) is 1. The number of hydrogen-bond acceptors (Lipinski definition) is 5. The summed E-state index contributed by atoms with van der Waals surface area (Å²) >= 11 is 0. The van der Waals surface area contributed by atoms with Crippen LogP contribution in [-0.2, 0) is 9.59 Å². The van der Waals surface area contributed by atoms with Crippen LogP contribution in [0, 0.1) is 0 Å². The van der Waals surface area contributed by atoms with E-state index in [0.29, 0.717) is 17.2 Å². The van der Waals surface area contributed by atoms with Gasteiger partial charge >= 0.3 is 0 Å². The van der Waals surface area contributed by atoms with Gasteiger partial charge in [-0.3, -0.25) is 9.59 Å². The predicted octanol–water partition coefficient (Wildman–Crippen LogP) is 1.77. The highest BCUT2D eigenvalue weighted by molar-refractivity contribution is 5.88. The average Bonchev–Trinajstić information content (AvgIpc) is 2.99. The predicted molar refractivity (Wildman–Crippen MR) is 80.7 cm³/mol. The molecule has 0 bridgehead atoms. The average molecular weight is 301 g/mol. The van der Waals surface area contributed by atoms with Crippen molar-refractivity contribution in [3.8, 4) is 5.75 Å². The molecule has 0 aliphatic rings. The summed E-state index contributed by atoms with van der Waals surface area (Å²) in [4.78, 5) is 22.4. The van der Waals surface area contributed by atoms with Crippen LogP contribution in [0.3, 0.4) is 0 Å². The highest BCUT2D eigenvalue weighted by atomic mass is 16.5. The van der Waals surface area contributed by atoms with Crippen molar-refractivity contribution in [2.75, 3.05) is 11.9 Å². The monoisotopic (exact) mass is 301 g/mol. The Morgan fingerprint density at radius 2 is 2.05 bits per heavy atom. The lowest BCUT2D eigenvalue weighted by atomic mass is 10.3. The molecule has 0 radical (unpaired) electrons. The smallest absolute Gasteiger partial charge is 0.277 e. The summed E-state index contributed by atoms with van der Waals surface area (Å²) in [7, 11) is 0. The highest BCUT2D eigenvalue weighted by Gasteiger charge is 2.02. The first-order chi connectivity index (χ1) is 10.6. The lowest BCUT2D eigenvalue weighted by molar-refractivity contribution is -0.123. The Morgan fingerprint density at radius 1 is 1.27 bits per heavy atom. The van der Waals surface area contributed by atoms with Crippen LogP contribution in [0.15, 0.2) is 52.2 Å². The molecule has 0 aliphatic heterocycles. The molecule has 0 saturated carbocycles. The van der Waals surface area contributed by atoms with Crippen LogP contribution >= 0.6 is 0 Å². The van der Waals surface area contributed by atoms with Crippen LogP contribution < -0.4 is 15.5 Å². The molecule has 1 aromatic heterocycles. The van der Waals surface area contributed by atoms with Gasteiger partial charge in [-0.2, -0.15) is 5.10 Å². The van der Waals surface area contributed by atoms with Gasteiger partial charge in [-0.05, 0) is 36.4 Å². The first kappa shape index (κ1) is 15.3. The zero-order chi connectivity index (χ0) is 15.8. The highest BCUT2D eigenvalue weighted by Crippen LogP contribution is 2.15. The third-order valence-electron chi connectivity index (χ3n) is 2.47. The molecule has 114 valence electrons. The second-order valence-electron chi connectivity index (χ2n) is 4.30. The quantitative estimate of drug-likeness (QED) is 0.628. The Morgan fingerprint density at radius 3 is 2.68 bits per heavy atom. The number of amides is 2. The van der Waals surface area contributed by atoms with Gasteiger partial charge in [0.05, 0.1) is 12.5 Å². The van der Waals surface area contributed by atoms with Crippen molar-refractivity contribution in [2.45, 2.75) is 6.92 Å². The molecule has 0 spiro atoms. The molecule has 2 rings (SSSR count). The second kappa shape index (κ2) is 7.63. The summed E-state index contributed by atoms with van der Waals surface area (Å²) < 4.78 is 10.3. The van der Waals surface area contributed by atoms with E-state index < -0.39 is 5.91 Å². The number of nitrogens with one attached hydrogen (secondary N) is 2. The fourth-order valence-electron chi connectivity index (χ4n) is 1.55. The van der Waals surface area contributed by atoms with Gasteiger partial charge in [0.15, 0.2) is 6.61 Å². The number of benzene rings is 1. The molecule has 7 nitrogen and oxygen atoms in total. The zero-order valence-electron chi connectivity index (χ0n) is 11.9. The summed E-state index contributed by atoms with van der Waals surface area (Å²) in [5.41, 5.74) is 2.98. The molecule has 0 atom stereocenters. The summed E-state index contributed by atoms with van der Waals surface area (Å²) in [6, 6.07) is 10.1. The molecule has 7 heteroatoms. The number of furan rings is 1. The number of hydrazone groups is 1. The number of carbonyl (C=O) groups is 2. The van der Waals surface area contributed by atoms with E-state index in [1.807, 2.05) is 0 Å². The first-order valence-electron chi connectivity index (χ1n) is 6.49. The minimum Gasteiger partial charge on any atom is -0.484 e. The molecule has 0 fully saturated rings. The van der Waals surface area contributed by atoms with Gasteiger partial charge in [0.1, 0.15) is 11.5 Å². The van der Waals surface area contributed by atoms with Crippen molar-refractivity contribution in [2.24, 2.45) is 5.10 Å². The number of carbonyl (C=O) groups excluding carboxylic acids is 2. The van der Waals surface area contributed by atoms with Crippen LogP contribution in [0.2, 0.25) is 0 Å². The maximum absolute atomic E-state index is 11.5. The summed E-state index contributed by atoms with van der Waals surface area (Å²) in [6.45, 7) is 1.26. The van der Waals surface area contributed by atoms with E-state index in [2.05, 4.69) is 15.8 Å². The van der Waals surface area contributed by atoms with E-state index in [9.17, 15) is 9.59 Å². The lowest BCUT2D eigenvalue weighted by Crippen LogP contribution is -2.24. The van der Waals surface area contributed by atoms with E-state index in [1.54, 1.807) is 36.4 Å². The third kappa shape index (κ3) is 5.12. The zero-order valence-corrected chi connectivity index (χ0v) is 11.9. The van der Waals surface area contributed by atoms with Crippen molar-refractivity contribution in [3.63, 3.8) is 0 Å². The van der Waals surface area contributed by atoms with Gasteiger partial charge in [-0.15, -0.1) is 0 Å². The number of nitrogens with zero attached hydrogens (tertiary/aromatic N) is 1. The summed E-state index contributed by atoms with van der Waals surface area (Å²) in [5, 5.41) is 6.36. The molecule has 2 aromatic rings. The van der Waals surface area contributed by atoms with Crippen molar-refractivity contribution in [1.29, 1.82) is 0 Å². The van der Waals surface area contributed by atoms with E-state index >= 15 is 0 Å². The molecule has 2 N–H and O–H groups in total. The number of rotatable bonds is 6. The molecule has 1 aromatic carbocycles. The second-order valence-corrected chi connectivity index (χ2v) is 4.30. The Balaban J connectivity index is 1.75. The van der Waals surface area contributed by atoms with Crippen molar-refractivity contribution < 1.29 is 18.7 Å². The van der Waals surface area contributed by atoms with Crippen LogP contribution in [-0.4, -0.2) is 24.6 Å². The molecule has 22 heavy (non-hydrogen) atoms. The van der Waals surface area contributed by atoms with Crippen LogP contribution in [0.5, 0.6) is 5.75 Å². The van der Waals surface area contributed by atoms with E-state index in [1.165, 1.54) is 19.4 Å². The van der Waals surface area contributed by atoms with Crippen LogP contribution in [0.4, 0.5) is 5.69 Å². The molecule has 0 saturated heterocycles. The van der Waals surface area contributed by atoms with E-state index in [-0.39, 0.29) is 12.5 Å². The fraction of sp³-hybridized carbons (Fsp3) is 0.133. The van der Waals surface area contributed by atoms with Gasteiger partial charge in [0, 0.05) is 12.6 Å². The van der Waals surface area contributed by atoms with Crippen molar-refractivity contribution >= 4 is 23.7 Å². The normalized spacial score (nSPS) is 10.4. The van der Waals surface area contributed by atoms with Gasteiger partial charge in [-0.25, -0.2) is 5.43 Å². The molecular formula is C15H15N3O4. The molecule has 2 amide bonds. The van der Waals surface area contributed by atoms with Crippen molar-refractivity contribution in [1.82, 2.24) is 5.43 Å². The van der Waals surface area contributed by atoms with Crippen LogP contribution in [0.1, 0.15) is 12.7 Å². The largest absolute Gasteiger partial charge is 0.484 e. The lowest BCUT2D eigenvalue weighted by Gasteiger charge is -2.06. The molecule has 1 heterocycles. The van der Waals surface area contributed by atoms with E-state index in [0.717, 1.165) is 0 Å². The first-order valence-corrected chi connectivity index (χ1v) is 6.49. The molecule has 0 aliphatic carbocycles. The Hall–Kier alpha value is -3.09. The Bertz CT molecular complexity index is 648.